The maximum Gasteiger partial charge on any atom is 0.169 e. The average molecular weight is 462 g/mol. The molecule has 2 aromatic carbocycles. The molecule has 0 fully saturated rings. The van der Waals surface area contributed by atoms with E-state index in [1.807, 2.05) is 62.4 Å². The predicted octanol–water partition coefficient (Wildman–Crippen LogP) is 5.04. The molecule has 0 aliphatic heterocycles. The third-order valence-electron chi connectivity index (χ3n) is 5.62. The number of nitrogens with zero attached hydrogens (tertiary/aromatic N) is 5. The Morgan fingerprint density at radius 1 is 1.06 bits per heavy atom. The largest absolute Gasteiger partial charge is 0.374 e. The van der Waals surface area contributed by atoms with E-state index in [4.69, 9.17) is 11.6 Å². The van der Waals surface area contributed by atoms with Crippen LogP contribution in [0.25, 0.3) is 22.0 Å². The molecule has 160 valence electrons. The van der Waals surface area contributed by atoms with Crippen LogP contribution in [0.1, 0.15) is 26.8 Å². The van der Waals surface area contributed by atoms with Crippen LogP contribution in [0.5, 0.6) is 0 Å². The molecule has 0 aliphatic rings. The maximum atomic E-state index is 12.2. The number of halogens is 1. The third-order valence-corrected chi connectivity index (χ3v) is 7.21. The molecule has 0 amide bonds. The highest BCUT2D eigenvalue weighted by Crippen LogP contribution is 2.43. The standard InChI is InChI=1S/C24H20ClN5OS/c1-14-23(32-15(2)28-14)24(31,21-13-27-29-30(21)3)17-9-10-20-18(11-17)22(25)19(12-26-20)16-7-5-4-6-8-16/h4-13,31H,1-3H3. The maximum absolute atomic E-state index is 12.2. The van der Waals surface area contributed by atoms with Crippen molar-refractivity contribution in [1.29, 1.82) is 0 Å². The van der Waals surface area contributed by atoms with Gasteiger partial charge < -0.3 is 5.11 Å². The summed E-state index contributed by atoms with van der Waals surface area (Å²) in [5.41, 5.74) is 3.04. The van der Waals surface area contributed by atoms with Crippen LogP contribution in [-0.2, 0) is 12.6 Å². The minimum Gasteiger partial charge on any atom is -0.374 e. The van der Waals surface area contributed by atoms with Crippen LogP contribution in [0, 0.1) is 13.8 Å². The molecule has 5 aromatic rings. The second-order valence-corrected chi connectivity index (χ2v) is 9.27. The molecule has 0 bridgehead atoms. The summed E-state index contributed by atoms with van der Waals surface area (Å²) in [4.78, 5) is 9.88. The van der Waals surface area contributed by atoms with Gasteiger partial charge in [-0.2, -0.15) is 0 Å². The van der Waals surface area contributed by atoms with E-state index in [9.17, 15) is 5.11 Å². The van der Waals surface area contributed by atoms with Gasteiger partial charge in [0.15, 0.2) is 5.60 Å². The van der Waals surface area contributed by atoms with Gasteiger partial charge >= 0.3 is 0 Å². The van der Waals surface area contributed by atoms with Crippen molar-refractivity contribution < 1.29 is 5.11 Å². The van der Waals surface area contributed by atoms with Gasteiger partial charge in [0, 0.05) is 24.2 Å². The number of aryl methyl sites for hydroxylation is 3. The number of fused-ring (bicyclic) bond motifs is 1. The zero-order chi connectivity index (χ0) is 22.5. The lowest BCUT2D eigenvalue weighted by Gasteiger charge is -2.28. The summed E-state index contributed by atoms with van der Waals surface area (Å²) in [5, 5.41) is 22.5. The van der Waals surface area contributed by atoms with E-state index < -0.39 is 5.60 Å². The van der Waals surface area contributed by atoms with Crippen molar-refractivity contribution in [2.75, 3.05) is 0 Å². The lowest BCUT2D eigenvalue weighted by Crippen LogP contribution is -2.31. The first-order chi connectivity index (χ1) is 15.4. The van der Waals surface area contributed by atoms with Gasteiger partial charge in [-0.25, -0.2) is 9.67 Å². The summed E-state index contributed by atoms with van der Waals surface area (Å²) in [7, 11) is 1.76. The highest BCUT2D eigenvalue weighted by Gasteiger charge is 2.40. The molecule has 0 radical (unpaired) electrons. The predicted molar refractivity (Wildman–Crippen MR) is 127 cm³/mol. The van der Waals surface area contributed by atoms with Crippen molar-refractivity contribution in [2.24, 2.45) is 7.05 Å². The molecule has 3 aromatic heterocycles. The fraction of sp³-hybridized carbons (Fsp3) is 0.167. The van der Waals surface area contributed by atoms with Gasteiger partial charge in [-0.1, -0.05) is 53.2 Å². The van der Waals surface area contributed by atoms with Crippen LogP contribution in [0.15, 0.2) is 60.9 Å². The minimum atomic E-state index is -1.49. The fourth-order valence-corrected chi connectivity index (χ4v) is 5.43. The monoisotopic (exact) mass is 461 g/mol. The van der Waals surface area contributed by atoms with E-state index in [0.29, 0.717) is 16.3 Å². The van der Waals surface area contributed by atoms with Gasteiger partial charge in [-0.3, -0.25) is 4.98 Å². The minimum absolute atomic E-state index is 0.548. The van der Waals surface area contributed by atoms with E-state index in [1.165, 1.54) is 11.3 Å². The molecular formula is C24H20ClN5OS. The number of aliphatic hydroxyl groups is 1. The van der Waals surface area contributed by atoms with Gasteiger partial charge in [0.05, 0.1) is 32.3 Å². The molecule has 1 unspecified atom stereocenters. The normalized spacial score (nSPS) is 13.4. The van der Waals surface area contributed by atoms with Gasteiger partial charge in [-0.05, 0) is 37.1 Å². The summed E-state index contributed by atoms with van der Waals surface area (Å²) >= 11 is 8.33. The average Bonchev–Trinajstić information content (AvgIpc) is 3.38. The summed E-state index contributed by atoms with van der Waals surface area (Å²) in [5.74, 6) is 0. The van der Waals surface area contributed by atoms with Crippen molar-refractivity contribution in [3.63, 3.8) is 0 Å². The van der Waals surface area contributed by atoms with Gasteiger partial charge in [0.25, 0.3) is 0 Å². The number of benzene rings is 2. The van der Waals surface area contributed by atoms with Crippen LogP contribution in [-0.4, -0.2) is 30.1 Å². The number of hydrogen-bond donors (Lipinski definition) is 1. The molecule has 6 nitrogen and oxygen atoms in total. The van der Waals surface area contributed by atoms with E-state index >= 15 is 0 Å². The summed E-state index contributed by atoms with van der Waals surface area (Å²) < 4.78 is 1.58. The summed E-state index contributed by atoms with van der Waals surface area (Å²) in [6, 6.07) is 15.5. The molecule has 8 heteroatoms. The van der Waals surface area contributed by atoms with Gasteiger partial charge in [0.2, 0.25) is 0 Å². The highest BCUT2D eigenvalue weighted by atomic mass is 35.5. The van der Waals surface area contributed by atoms with Gasteiger partial charge in [0.1, 0.15) is 5.69 Å². The Bertz CT molecular complexity index is 1450. The SMILES string of the molecule is Cc1nc(C)c(C(O)(c2ccc3ncc(-c4ccccc4)c(Cl)c3c2)c2cnnn2C)s1. The van der Waals surface area contributed by atoms with E-state index in [1.54, 1.807) is 24.1 Å². The Hall–Kier alpha value is -3.13. The van der Waals surface area contributed by atoms with Crippen molar-refractivity contribution in [3.05, 3.63) is 92.8 Å². The quantitative estimate of drug-likeness (QED) is 0.405. The Morgan fingerprint density at radius 3 is 2.50 bits per heavy atom. The van der Waals surface area contributed by atoms with Gasteiger partial charge in [-0.15, -0.1) is 16.4 Å². The van der Waals surface area contributed by atoms with Crippen LogP contribution in [0.3, 0.4) is 0 Å². The Kier molecular flexibility index (Phi) is 5.04. The second-order valence-electron chi connectivity index (χ2n) is 7.68. The van der Waals surface area contributed by atoms with Crippen LogP contribution in [0.2, 0.25) is 5.02 Å². The zero-order valence-electron chi connectivity index (χ0n) is 17.7. The van der Waals surface area contributed by atoms with E-state index in [2.05, 4.69) is 20.3 Å². The van der Waals surface area contributed by atoms with Crippen LogP contribution >= 0.6 is 22.9 Å². The first-order valence-electron chi connectivity index (χ1n) is 10.1. The number of pyridine rings is 1. The lowest BCUT2D eigenvalue weighted by atomic mass is 9.87. The van der Waals surface area contributed by atoms with Crippen molar-refractivity contribution in [1.82, 2.24) is 25.0 Å². The number of aromatic nitrogens is 5. The summed E-state index contributed by atoms with van der Waals surface area (Å²) in [6.07, 6.45) is 3.37. The van der Waals surface area contributed by atoms with Crippen molar-refractivity contribution in [3.8, 4) is 11.1 Å². The first-order valence-corrected chi connectivity index (χ1v) is 11.2. The molecule has 3 heterocycles. The molecule has 32 heavy (non-hydrogen) atoms. The molecule has 0 aliphatic carbocycles. The van der Waals surface area contributed by atoms with E-state index in [0.717, 1.165) is 37.6 Å². The first kappa shape index (κ1) is 20.8. The number of thiazole rings is 1. The molecule has 0 saturated carbocycles. The molecule has 0 spiro atoms. The molecular weight excluding hydrogens is 442 g/mol. The van der Waals surface area contributed by atoms with Crippen LogP contribution in [0.4, 0.5) is 0 Å². The van der Waals surface area contributed by atoms with Crippen molar-refractivity contribution in [2.45, 2.75) is 19.4 Å². The third kappa shape index (κ3) is 3.21. The lowest BCUT2D eigenvalue weighted by molar-refractivity contribution is 0.119. The molecule has 0 saturated heterocycles. The Morgan fingerprint density at radius 2 is 1.84 bits per heavy atom. The Labute approximate surface area is 194 Å². The molecule has 5 rings (SSSR count). The van der Waals surface area contributed by atoms with E-state index in [-0.39, 0.29) is 0 Å². The zero-order valence-corrected chi connectivity index (χ0v) is 19.3. The number of hydrogen-bond acceptors (Lipinski definition) is 6. The Balaban J connectivity index is 1.78. The number of rotatable bonds is 4. The van der Waals surface area contributed by atoms with Crippen LogP contribution < -0.4 is 0 Å². The highest BCUT2D eigenvalue weighted by molar-refractivity contribution is 7.11. The summed E-state index contributed by atoms with van der Waals surface area (Å²) in [6.45, 7) is 3.83. The molecule has 1 N–H and O–H groups in total. The topological polar surface area (TPSA) is 76.7 Å². The van der Waals surface area contributed by atoms with Crippen molar-refractivity contribution >= 4 is 33.8 Å². The second kappa shape index (κ2) is 7.78. The fourth-order valence-electron chi connectivity index (χ4n) is 4.08. The molecule has 1 atom stereocenters. The smallest absolute Gasteiger partial charge is 0.169 e.